The standard InChI is InChI=1S/C10H12N4O3S/c1-16-9(15)4-7-5-18-10(14-7)11-3-2-8-12-6-13-17-8/h5-6H,2-4H2,1H3,(H,11,14). The number of nitrogens with one attached hydrogen (secondary N) is 1. The fraction of sp³-hybridized carbons (Fsp3) is 0.400. The summed E-state index contributed by atoms with van der Waals surface area (Å²) in [6, 6.07) is 0. The van der Waals surface area contributed by atoms with Crippen molar-refractivity contribution in [3.05, 3.63) is 23.3 Å². The highest BCUT2D eigenvalue weighted by Crippen LogP contribution is 2.15. The van der Waals surface area contributed by atoms with Gasteiger partial charge in [0.25, 0.3) is 0 Å². The van der Waals surface area contributed by atoms with Crippen LogP contribution in [0.1, 0.15) is 11.6 Å². The quantitative estimate of drug-likeness (QED) is 0.778. The number of hydrogen-bond acceptors (Lipinski definition) is 8. The van der Waals surface area contributed by atoms with Gasteiger partial charge in [0.15, 0.2) is 11.5 Å². The molecule has 0 bridgehead atoms. The van der Waals surface area contributed by atoms with Crippen LogP contribution in [0.2, 0.25) is 0 Å². The van der Waals surface area contributed by atoms with E-state index in [1.807, 2.05) is 5.38 Å². The Balaban J connectivity index is 1.78. The smallest absolute Gasteiger partial charge is 0.311 e. The molecule has 2 rings (SSSR count). The Morgan fingerprint density at radius 3 is 3.22 bits per heavy atom. The zero-order valence-electron chi connectivity index (χ0n) is 9.75. The van der Waals surface area contributed by atoms with Crippen molar-refractivity contribution in [2.75, 3.05) is 19.0 Å². The number of aromatic nitrogens is 3. The van der Waals surface area contributed by atoms with E-state index >= 15 is 0 Å². The number of carbonyl (C=O) groups is 1. The third-order valence-electron chi connectivity index (χ3n) is 2.13. The maximum atomic E-state index is 11.1. The number of ether oxygens (including phenoxy) is 1. The van der Waals surface area contributed by atoms with Crippen LogP contribution in [0.4, 0.5) is 5.13 Å². The van der Waals surface area contributed by atoms with E-state index in [0.29, 0.717) is 24.6 Å². The van der Waals surface area contributed by atoms with E-state index < -0.39 is 0 Å². The summed E-state index contributed by atoms with van der Waals surface area (Å²) in [4.78, 5) is 19.2. The molecule has 0 aliphatic carbocycles. The van der Waals surface area contributed by atoms with Gasteiger partial charge in [0.05, 0.1) is 19.2 Å². The maximum Gasteiger partial charge on any atom is 0.311 e. The number of methoxy groups -OCH3 is 1. The Kier molecular flexibility index (Phi) is 4.24. The molecule has 2 heterocycles. The highest BCUT2D eigenvalue weighted by Gasteiger charge is 2.07. The zero-order chi connectivity index (χ0) is 12.8. The highest BCUT2D eigenvalue weighted by atomic mass is 32.1. The molecular weight excluding hydrogens is 256 g/mol. The first-order valence-electron chi connectivity index (χ1n) is 5.28. The van der Waals surface area contributed by atoms with Gasteiger partial charge in [0.2, 0.25) is 5.89 Å². The molecular formula is C10H12N4O3S. The molecule has 7 nitrogen and oxygen atoms in total. The molecule has 0 spiro atoms. The second kappa shape index (κ2) is 6.10. The second-order valence-electron chi connectivity index (χ2n) is 3.41. The van der Waals surface area contributed by atoms with Crippen molar-refractivity contribution in [2.45, 2.75) is 12.8 Å². The van der Waals surface area contributed by atoms with Crippen LogP contribution < -0.4 is 5.32 Å². The summed E-state index contributed by atoms with van der Waals surface area (Å²) in [6.07, 6.45) is 2.19. The van der Waals surface area contributed by atoms with Crippen molar-refractivity contribution < 1.29 is 14.1 Å². The highest BCUT2D eigenvalue weighted by molar-refractivity contribution is 7.13. The fourth-order valence-electron chi connectivity index (χ4n) is 1.27. The van der Waals surface area contributed by atoms with Gasteiger partial charge in [-0.25, -0.2) is 4.98 Å². The van der Waals surface area contributed by atoms with E-state index in [1.54, 1.807) is 0 Å². The van der Waals surface area contributed by atoms with Crippen LogP contribution in [-0.4, -0.2) is 34.7 Å². The van der Waals surface area contributed by atoms with E-state index in [1.165, 1.54) is 24.8 Å². The van der Waals surface area contributed by atoms with E-state index in [0.717, 1.165) is 5.13 Å². The van der Waals surface area contributed by atoms with Gasteiger partial charge < -0.3 is 14.6 Å². The van der Waals surface area contributed by atoms with E-state index in [-0.39, 0.29) is 12.4 Å². The van der Waals surface area contributed by atoms with Gasteiger partial charge in [0.1, 0.15) is 0 Å². The molecule has 0 fully saturated rings. The molecule has 0 saturated carbocycles. The minimum absolute atomic E-state index is 0.193. The fourth-order valence-corrected chi connectivity index (χ4v) is 2.01. The molecule has 2 aromatic heterocycles. The predicted molar refractivity (Wildman–Crippen MR) is 64.3 cm³/mol. The first-order chi connectivity index (χ1) is 8.78. The molecule has 0 unspecified atom stereocenters. The lowest BCUT2D eigenvalue weighted by molar-refractivity contribution is -0.139. The third-order valence-corrected chi connectivity index (χ3v) is 2.98. The Morgan fingerprint density at radius 2 is 2.50 bits per heavy atom. The molecule has 2 aromatic rings. The Hall–Kier alpha value is -1.96. The number of thiazole rings is 1. The summed E-state index contributed by atoms with van der Waals surface area (Å²) >= 11 is 1.44. The third kappa shape index (κ3) is 3.52. The van der Waals surface area contributed by atoms with Crippen molar-refractivity contribution >= 4 is 22.4 Å². The molecule has 1 N–H and O–H groups in total. The minimum atomic E-state index is -0.294. The van der Waals surface area contributed by atoms with Gasteiger partial charge in [-0.2, -0.15) is 4.98 Å². The second-order valence-corrected chi connectivity index (χ2v) is 4.27. The summed E-state index contributed by atoms with van der Waals surface area (Å²) in [5, 5.41) is 9.22. The van der Waals surface area contributed by atoms with Crippen LogP contribution >= 0.6 is 11.3 Å². The lowest BCUT2D eigenvalue weighted by Gasteiger charge is -1.98. The predicted octanol–water partition coefficient (Wildman–Crippen LogP) is 0.896. The number of nitrogens with zero attached hydrogens (tertiary/aromatic N) is 3. The minimum Gasteiger partial charge on any atom is -0.469 e. The van der Waals surface area contributed by atoms with Gasteiger partial charge in [0, 0.05) is 18.3 Å². The molecule has 18 heavy (non-hydrogen) atoms. The number of anilines is 1. The number of rotatable bonds is 6. The first kappa shape index (κ1) is 12.5. The maximum absolute atomic E-state index is 11.1. The Labute approximate surface area is 107 Å². The van der Waals surface area contributed by atoms with Gasteiger partial charge in [-0.05, 0) is 0 Å². The van der Waals surface area contributed by atoms with Gasteiger partial charge in [-0.1, -0.05) is 5.16 Å². The molecule has 0 aliphatic rings. The van der Waals surface area contributed by atoms with Crippen LogP contribution in [0, 0.1) is 0 Å². The zero-order valence-corrected chi connectivity index (χ0v) is 10.6. The lowest BCUT2D eigenvalue weighted by atomic mass is 10.3. The summed E-state index contributed by atoms with van der Waals surface area (Å²) in [6.45, 7) is 0.646. The first-order valence-corrected chi connectivity index (χ1v) is 6.16. The van der Waals surface area contributed by atoms with Crippen molar-refractivity contribution in [3.63, 3.8) is 0 Å². The van der Waals surface area contributed by atoms with E-state index in [9.17, 15) is 4.79 Å². The number of esters is 1. The van der Waals surface area contributed by atoms with Crippen LogP contribution in [0.5, 0.6) is 0 Å². The molecule has 0 aliphatic heterocycles. The van der Waals surface area contributed by atoms with Crippen molar-refractivity contribution in [1.82, 2.24) is 15.1 Å². The normalized spacial score (nSPS) is 10.3. The van der Waals surface area contributed by atoms with E-state index in [4.69, 9.17) is 4.52 Å². The molecule has 8 heteroatoms. The van der Waals surface area contributed by atoms with Crippen LogP contribution in [0.3, 0.4) is 0 Å². The topological polar surface area (TPSA) is 90.1 Å². The SMILES string of the molecule is COC(=O)Cc1csc(NCCc2ncno2)n1. The van der Waals surface area contributed by atoms with Gasteiger partial charge >= 0.3 is 5.97 Å². The number of carbonyl (C=O) groups excluding carboxylic acids is 1. The van der Waals surface area contributed by atoms with Crippen LogP contribution in [-0.2, 0) is 22.4 Å². The average molecular weight is 268 g/mol. The van der Waals surface area contributed by atoms with Crippen molar-refractivity contribution in [1.29, 1.82) is 0 Å². The number of hydrogen-bond donors (Lipinski definition) is 1. The average Bonchev–Trinajstić information content (AvgIpc) is 3.01. The molecule has 0 saturated heterocycles. The summed E-state index contributed by atoms with van der Waals surface area (Å²) in [5.41, 5.74) is 0.701. The molecule has 96 valence electrons. The lowest BCUT2D eigenvalue weighted by Crippen LogP contribution is -2.06. The van der Waals surface area contributed by atoms with Crippen LogP contribution in [0.25, 0.3) is 0 Å². The van der Waals surface area contributed by atoms with Crippen molar-refractivity contribution in [3.8, 4) is 0 Å². The van der Waals surface area contributed by atoms with Crippen molar-refractivity contribution in [2.24, 2.45) is 0 Å². The molecule has 0 aromatic carbocycles. The largest absolute Gasteiger partial charge is 0.469 e. The van der Waals surface area contributed by atoms with Gasteiger partial charge in [-0.15, -0.1) is 11.3 Å². The van der Waals surface area contributed by atoms with Crippen LogP contribution in [0.15, 0.2) is 16.2 Å². The monoisotopic (exact) mass is 268 g/mol. The summed E-state index contributed by atoms with van der Waals surface area (Å²) < 4.78 is 9.44. The summed E-state index contributed by atoms with van der Waals surface area (Å²) in [5.74, 6) is 0.284. The van der Waals surface area contributed by atoms with E-state index in [2.05, 4.69) is 25.2 Å². The van der Waals surface area contributed by atoms with Gasteiger partial charge in [-0.3, -0.25) is 4.79 Å². The Bertz CT molecular complexity index is 497. The molecule has 0 radical (unpaired) electrons. The summed E-state index contributed by atoms with van der Waals surface area (Å²) in [7, 11) is 1.36. The Morgan fingerprint density at radius 1 is 1.61 bits per heavy atom. The molecule has 0 atom stereocenters. The molecule has 0 amide bonds.